The van der Waals surface area contributed by atoms with Crippen LogP contribution in [0.5, 0.6) is 5.75 Å². The van der Waals surface area contributed by atoms with Gasteiger partial charge in [-0.2, -0.15) is 0 Å². The minimum absolute atomic E-state index is 0.134. The Morgan fingerprint density at radius 1 is 1.22 bits per heavy atom. The Hall–Kier alpha value is -0.150. The van der Waals surface area contributed by atoms with E-state index in [0.29, 0.717) is 21.7 Å². The maximum absolute atomic E-state index is 6.52. The van der Waals surface area contributed by atoms with E-state index in [4.69, 9.17) is 44.3 Å². The molecule has 0 aromatic heterocycles. The molecule has 5 heteroatoms. The summed E-state index contributed by atoms with van der Waals surface area (Å²) in [6.07, 6.45) is 1.91. The predicted molar refractivity (Wildman–Crippen MR) is 75.2 cm³/mol. The topological polar surface area (TPSA) is 18.5 Å². The summed E-state index contributed by atoms with van der Waals surface area (Å²) in [6.45, 7) is 1.52. The van der Waals surface area contributed by atoms with Crippen molar-refractivity contribution < 1.29 is 9.47 Å². The average Bonchev–Trinajstić information content (AvgIpc) is 2.41. The van der Waals surface area contributed by atoms with E-state index in [2.05, 4.69) is 0 Å². The Labute approximate surface area is 122 Å². The van der Waals surface area contributed by atoms with Crippen LogP contribution in [0.25, 0.3) is 0 Å². The number of ether oxygens (including phenoxy) is 2. The highest BCUT2D eigenvalue weighted by atomic mass is 35.5. The zero-order valence-electron chi connectivity index (χ0n) is 10.1. The van der Waals surface area contributed by atoms with E-state index in [1.165, 1.54) is 0 Å². The highest BCUT2D eigenvalue weighted by Gasteiger charge is 2.26. The van der Waals surface area contributed by atoms with Crippen LogP contribution in [0.1, 0.15) is 23.8 Å². The van der Waals surface area contributed by atoms with E-state index in [1.54, 1.807) is 19.2 Å². The summed E-state index contributed by atoms with van der Waals surface area (Å²) in [4.78, 5) is 0. The van der Waals surface area contributed by atoms with E-state index in [9.17, 15) is 0 Å². The molecule has 0 bridgehead atoms. The quantitative estimate of drug-likeness (QED) is 0.753. The van der Waals surface area contributed by atoms with Gasteiger partial charge >= 0.3 is 0 Å². The highest BCUT2D eigenvalue weighted by molar-refractivity contribution is 6.35. The van der Waals surface area contributed by atoms with Crippen molar-refractivity contribution in [2.45, 2.75) is 18.2 Å². The molecule has 1 saturated heterocycles. The van der Waals surface area contributed by atoms with E-state index in [-0.39, 0.29) is 5.38 Å². The van der Waals surface area contributed by atoms with Crippen LogP contribution in [0.4, 0.5) is 0 Å². The van der Waals surface area contributed by atoms with E-state index < -0.39 is 0 Å². The maximum Gasteiger partial charge on any atom is 0.138 e. The van der Waals surface area contributed by atoms with Crippen LogP contribution in [-0.2, 0) is 4.74 Å². The zero-order valence-corrected chi connectivity index (χ0v) is 12.4. The van der Waals surface area contributed by atoms with Gasteiger partial charge in [0, 0.05) is 24.3 Å². The first-order chi connectivity index (χ1) is 8.63. The Morgan fingerprint density at radius 2 is 1.89 bits per heavy atom. The van der Waals surface area contributed by atoms with Gasteiger partial charge in [0.1, 0.15) is 5.75 Å². The molecule has 1 unspecified atom stereocenters. The minimum atomic E-state index is -0.134. The summed E-state index contributed by atoms with van der Waals surface area (Å²) in [6, 6.07) is 3.52. The fourth-order valence-corrected chi connectivity index (χ4v) is 3.18. The third-order valence-electron chi connectivity index (χ3n) is 3.25. The van der Waals surface area contributed by atoms with Gasteiger partial charge in [-0.3, -0.25) is 0 Å². The Morgan fingerprint density at radius 3 is 2.50 bits per heavy atom. The lowest BCUT2D eigenvalue weighted by Crippen LogP contribution is -2.19. The summed E-state index contributed by atoms with van der Waals surface area (Å²) in [7, 11) is 1.56. The van der Waals surface area contributed by atoms with Crippen LogP contribution >= 0.6 is 34.8 Å². The molecule has 2 nitrogen and oxygen atoms in total. The number of halogens is 3. The molecule has 100 valence electrons. The van der Waals surface area contributed by atoms with E-state index >= 15 is 0 Å². The van der Waals surface area contributed by atoms with Gasteiger partial charge in [0.15, 0.2) is 0 Å². The molecule has 1 heterocycles. The molecule has 0 radical (unpaired) electrons. The summed E-state index contributed by atoms with van der Waals surface area (Å²) < 4.78 is 10.5. The zero-order chi connectivity index (χ0) is 13.1. The molecule has 0 amide bonds. The first kappa shape index (κ1) is 14.3. The van der Waals surface area contributed by atoms with Crippen molar-refractivity contribution in [3.63, 3.8) is 0 Å². The van der Waals surface area contributed by atoms with Crippen LogP contribution in [0, 0.1) is 5.92 Å². The Bertz CT molecular complexity index is 417. The summed E-state index contributed by atoms with van der Waals surface area (Å²) >= 11 is 18.9. The fourth-order valence-electron chi connectivity index (χ4n) is 2.17. The monoisotopic (exact) mass is 308 g/mol. The van der Waals surface area contributed by atoms with Crippen molar-refractivity contribution in [1.29, 1.82) is 0 Å². The number of methoxy groups -OCH3 is 1. The Kier molecular flexibility index (Phi) is 5.02. The summed E-state index contributed by atoms with van der Waals surface area (Å²) in [5, 5.41) is 1.00. The Balaban J connectivity index is 2.23. The molecule has 1 fully saturated rings. The van der Waals surface area contributed by atoms with Crippen LogP contribution in [0.3, 0.4) is 0 Å². The lowest BCUT2D eigenvalue weighted by molar-refractivity contribution is 0.0651. The van der Waals surface area contributed by atoms with Crippen molar-refractivity contribution in [2.75, 3.05) is 20.3 Å². The molecule has 0 aliphatic carbocycles. The average molecular weight is 310 g/mol. The summed E-state index contributed by atoms with van der Waals surface area (Å²) in [5.74, 6) is 0.948. The molecule has 1 aliphatic heterocycles. The van der Waals surface area contributed by atoms with Gasteiger partial charge in [-0.1, -0.05) is 23.2 Å². The molecule has 18 heavy (non-hydrogen) atoms. The standard InChI is InChI=1S/C13H15Cl3O2/c1-17-12-7-10(14)9(6-11(12)15)13(16)8-2-4-18-5-3-8/h6-8,13H,2-5H2,1H3. The smallest absolute Gasteiger partial charge is 0.138 e. The van der Waals surface area contributed by atoms with Gasteiger partial charge in [-0.25, -0.2) is 0 Å². The number of benzene rings is 1. The normalized spacial score (nSPS) is 18.7. The second-order valence-electron chi connectivity index (χ2n) is 4.36. The third kappa shape index (κ3) is 3.05. The van der Waals surface area contributed by atoms with Gasteiger partial charge < -0.3 is 9.47 Å². The third-order valence-corrected chi connectivity index (χ3v) is 4.46. The molecule has 1 aromatic rings. The van der Waals surface area contributed by atoms with Crippen molar-refractivity contribution in [3.8, 4) is 5.75 Å². The van der Waals surface area contributed by atoms with Gasteiger partial charge in [-0.15, -0.1) is 11.6 Å². The number of hydrogen-bond donors (Lipinski definition) is 0. The molecule has 0 N–H and O–H groups in total. The van der Waals surface area contributed by atoms with Gasteiger partial charge in [0.25, 0.3) is 0 Å². The van der Waals surface area contributed by atoms with Crippen molar-refractivity contribution in [3.05, 3.63) is 27.7 Å². The molecular formula is C13H15Cl3O2. The maximum atomic E-state index is 6.52. The second-order valence-corrected chi connectivity index (χ2v) is 5.64. The first-order valence-corrected chi connectivity index (χ1v) is 7.07. The van der Waals surface area contributed by atoms with Crippen LogP contribution in [-0.4, -0.2) is 20.3 Å². The lowest BCUT2D eigenvalue weighted by atomic mass is 9.92. The largest absolute Gasteiger partial charge is 0.495 e. The molecule has 2 rings (SSSR count). The van der Waals surface area contributed by atoms with Gasteiger partial charge in [-0.05, 0) is 30.4 Å². The SMILES string of the molecule is COc1cc(Cl)c(C(Cl)C2CCOCC2)cc1Cl. The number of alkyl halides is 1. The predicted octanol–water partition coefficient (Wildman–Crippen LogP) is 4.71. The number of hydrogen-bond acceptors (Lipinski definition) is 2. The van der Waals surface area contributed by atoms with Crippen molar-refractivity contribution >= 4 is 34.8 Å². The van der Waals surface area contributed by atoms with Crippen molar-refractivity contribution in [1.82, 2.24) is 0 Å². The van der Waals surface area contributed by atoms with Gasteiger partial charge in [0.2, 0.25) is 0 Å². The molecule has 1 aromatic carbocycles. The molecule has 0 saturated carbocycles. The highest BCUT2D eigenvalue weighted by Crippen LogP contribution is 2.42. The lowest BCUT2D eigenvalue weighted by Gasteiger charge is -2.27. The van der Waals surface area contributed by atoms with Crippen LogP contribution in [0.15, 0.2) is 12.1 Å². The van der Waals surface area contributed by atoms with Crippen LogP contribution in [0.2, 0.25) is 10.0 Å². The van der Waals surface area contributed by atoms with Crippen molar-refractivity contribution in [2.24, 2.45) is 5.92 Å². The van der Waals surface area contributed by atoms with Gasteiger partial charge in [0.05, 0.1) is 17.5 Å². The molecule has 0 spiro atoms. The minimum Gasteiger partial charge on any atom is -0.495 e. The van der Waals surface area contributed by atoms with E-state index in [1.807, 2.05) is 0 Å². The van der Waals surface area contributed by atoms with Crippen LogP contribution < -0.4 is 4.74 Å². The molecular weight excluding hydrogens is 294 g/mol. The van der Waals surface area contributed by atoms with E-state index in [0.717, 1.165) is 31.6 Å². The second kappa shape index (κ2) is 6.33. The first-order valence-electron chi connectivity index (χ1n) is 5.88. The fraction of sp³-hybridized carbons (Fsp3) is 0.538. The number of rotatable bonds is 3. The molecule has 1 atom stereocenters. The summed E-state index contributed by atoms with van der Waals surface area (Å²) in [5.41, 5.74) is 0.871. The molecule has 1 aliphatic rings.